The Hall–Kier alpha value is -1.30. The molecule has 0 spiro atoms. The Morgan fingerprint density at radius 1 is 1.35 bits per heavy atom. The van der Waals surface area contributed by atoms with Crippen LogP contribution in [0.3, 0.4) is 0 Å². The number of carbonyl (C=O) groups excluding carboxylic acids is 1. The molecule has 1 aromatic heterocycles. The number of nitrogens with one attached hydrogen (secondary N) is 1. The molecule has 2 saturated carbocycles. The largest absolute Gasteiger partial charge is 0.352 e. The van der Waals surface area contributed by atoms with E-state index in [4.69, 9.17) is 0 Å². The standard InChI is InChI=1S/C17H26N4OS/c1-3-10-21-16(13-8-9-13)19-20-17(21)23-11-15(22)18-14-7-5-4-6-12(14)2/h3,12-14H,1,4-11H2,2H3,(H,18,22). The van der Waals surface area contributed by atoms with Crippen LogP contribution in [-0.2, 0) is 11.3 Å². The molecule has 2 fully saturated rings. The third kappa shape index (κ3) is 4.16. The van der Waals surface area contributed by atoms with Crippen LogP contribution < -0.4 is 5.32 Å². The lowest BCUT2D eigenvalue weighted by molar-refractivity contribution is -0.119. The van der Waals surface area contributed by atoms with E-state index in [-0.39, 0.29) is 5.91 Å². The smallest absolute Gasteiger partial charge is 0.230 e. The summed E-state index contributed by atoms with van der Waals surface area (Å²) in [6.45, 7) is 6.76. The maximum absolute atomic E-state index is 12.2. The molecule has 6 heteroatoms. The Bertz CT molecular complexity index is 567. The Labute approximate surface area is 142 Å². The first kappa shape index (κ1) is 16.6. The number of amides is 1. The molecule has 0 aromatic carbocycles. The highest BCUT2D eigenvalue weighted by molar-refractivity contribution is 7.99. The van der Waals surface area contributed by atoms with Crippen LogP contribution in [0, 0.1) is 5.92 Å². The van der Waals surface area contributed by atoms with Crippen molar-refractivity contribution in [3.63, 3.8) is 0 Å². The number of nitrogens with zero attached hydrogens (tertiary/aromatic N) is 3. The van der Waals surface area contributed by atoms with Gasteiger partial charge < -0.3 is 9.88 Å². The molecule has 0 saturated heterocycles. The quantitative estimate of drug-likeness (QED) is 0.615. The first-order valence-electron chi connectivity index (χ1n) is 8.65. The summed E-state index contributed by atoms with van der Waals surface area (Å²) in [5.41, 5.74) is 0. The predicted molar refractivity (Wildman–Crippen MR) is 92.5 cm³/mol. The molecule has 3 rings (SSSR count). The molecule has 1 amide bonds. The average molecular weight is 334 g/mol. The molecule has 2 unspecified atom stereocenters. The molecule has 2 aliphatic carbocycles. The Morgan fingerprint density at radius 3 is 2.83 bits per heavy atom. The Balaban J connectivity index is 1.55. The molecule has 1 N–H and O–H groups in total. The van der Waals surface area contributed by atoms with Gasteiger partial charge in [0.15, 0.2) is 5.16 Å². The van der Waals surface area contributed by atoms with Crippen LogP contribution in [0.4, 0.5) is 0 Å². The van der Waals surface area contributed by atoms with Crippen molar-refractivity contribution < 1.29 is 4.79 Å². The number of hydrogen-bond acceptors (Lipinski definition) is 4. The van der Waals surface area contributed by atoms with Gasteiger partial charge in [-0.1, -0.05) is 37.6 Å². The first-order valence-corrected chi connectivity index (χ1v) is 9.63. The van der Waals surface area contributed by atoms with E-state index in [2.05, 4.69) is 33.6 Å². The van der Waals surface area contributed by atoms with Gasteiger partial charge in [-0.3, -0.25) is 4.79 Å². The molecule has 126 valence electrons. The molecule has 5 nitrogen and oxygen atoms in total. The van der Waals surface area contributed by atoms with Gasteiger partial charge in [0.25, 0.3) is 0 Å². The lowest BCUT2D eigenvalue weighted by Crippen LogP contribution is -2.41. The third-order valence-electron chi connectivity index (χ3n) is 4.79. The van der Waals surface area contributed by atoms with E-state index in [0.717, 1.165) is 17.4 Å². The van der Waals surface area contributed by atoms with Crippen LogP contribution in [0.15, 0.2) is 17.8 Å². The summed E-state index contributed by atoms with van der Waals surface area (Å²) in [7, 11) is 0. The first-order chi connectivity index (χ1) is 11.2. The van der Waals surface area contributed by atoms with Crippen molar-refractivity contribution in [2.24, 2.45) is 5.92 Å². The fraction of sp³-hybridized carbons (Fsp3) is 0.706. The van der Waals surface area contributed by atoms with Crippen LogP contribution in [0.2, 0.25) is 0 Å². The van der Waals surface area contributed by atoms with Crippen LogP contribution >= 0.6 is 11.8 Å². The van der Waals surface area contributed by atoms with Gasteiger partial charge >= 0.3 is 0 Å². The fourth-order valence-electron chi connectivity index (χ4n) is 3.26. The van der Waals surface area contributed by atoms with Crippen molar-refractivity contribution in [2.45, 2.75) is 69.1 Å². The van der Waals surface area contributed by atoms with Crippen LogP contribution in [0.5, 0.6) is 0 Å². The second-order valence-corrected chi connectivity index (χ2v) is 7.68. The molecule has 0 aliphatic heterocycles. The summed E-state index contributed by atoms with van der Waals surface area (Å²) in [5, 5.41) is 12.6. The van der Waals surface area contributed by atoms with Crippen molar-refractivity contribution in [2.75, 3.05) is 5.75 Å². The summed E-state index contributed by atoms with van der Waals surface area (Å²) >= 11 is 1.48. The van der Waals surface area contributed by atoms with E-state index in [1.807, 2.05) is 6.08 Å². The maximum Gasteiger partial charge on any atom is 0.230 e. The minimum absolute atomic E-state index is 0.106. The van der Waals surface area contributed by atoms with E-state index in [9.17, 15) is 4.79 Å². The van der Waals surface area contributed by atoms with E-state index < -0.39 is 0 Å². The second kappa shape index (κ2) is 7.51. The molecule has 2 atom stereocenters. The molecule has 1 aromatic rings. The Kier molecular flexibility index (Phi) is 5.41. The molecule has 1 heterocycles. The van der Waals surface area contributed by atoms with Crippen molar-refractivity contribution in [1.29, 1.82) is 0 Å². The molecule has 23 heavy (non-hydrogen) atoms. The number of rotatable bonds is 7. The van der Waals surface area contributed by atoms with Crippen molar-refractivity contribution in [3.8, 4) is 0 Å². The van der Waals surface area contributed by atoms with Gasteiger partial charge in [-0.25, -0.2) is 0 Å². The van der Waals surface area contributed by atoms with Crippen molar-refractivity contribution >= 4 is 17.7 Å². The topological polar surface area (TPSA) is 59.8 Å². The highest BCUT2D eigenvalue weighted by Gasteiger charge is 2.30. The van der Waals surface area contributed by atoms with Gasteiger partial charge in [0.05, 0.1) is 5.75 Å². The third-order valence-corrected chi connectivity index (χ3v) is 5.76. The van der Waals surface area contributed by atoms with Gasteiger partial charge in [0, 0.05) is 18.5 Å². The van der Waals surface area contributed by atoms with Gasteiger partial charge in [0.1, 0.15) is 5.82 Å². The predicted octanol–water partition coefficient (Wildman–Crippen LogP) is 3.13. The van der Waals surface area contributed by atoms with E-state index in [1.54, 1.807) is 0 Å². The Morgan fingerprint density at radius 2 is 2.13 bits per heavy atom. The summed E-state index contributed by atoms with van der Waals surface area (Å²) in [6.07, 6.45) is 9.09. The lowest BCUT2D eigenvalue weighted by Gasteiger charge is -2.29. The fourth-order valence-corrected chi connectivity index (χ4v) is 4.03. The van der Waals surface area contributed by atoms with Crippen molar-refractivity contribution in [1.82, 2.24) is 20.1 Å². The highest BCUT2D eigenvalue weighted by Crippen LogP contribution is 2.40. The number of aromatic nitrogens is 3. The SMILES string of the molecule is C=CCn1c(SCC(=O)NC2CCCCC2C)nnc1C1CC1. The summed E-state index contributed by atoms with van der Waals surface area (Å²) in [4.78, 5) is 12.2. The zero-order valence-electron chi connectivity index (χ0n) is 13.8. The van der Waals surface area contributed by atoms with E-state index in [0.29, 0.717) is 30.2 Å². The number of allylic oxidation sites excluding steroid dienone is 1. The van der Waals surface area contributed by atoms with Crippen LogP contribution in [0.25, 0.3) is 0 Å². The van der Waals surface area contributed by atoms with Gasteiger partial charge in [0.2, 0.25) is 5.91 Å². The average Bonchev–Trinajstić information content (AvgIpc) is 3.30. The number of thioether (sulfide) groups is 1. The normalized spacial score (nSPS) is 24.4. The second-order valence-electron chi connectivity index (χ2n) is 6.74. The highest BCUT2D eigenvalue weighted by atomic mass is 32.2. The molecular weight excluding hydrogens is 308 g/mol. The van der Waals surface area contributed by atoms with Crippen LogP contribution in [0.1, 0.15) is 57.2 Å². The monoisotopic (exact) mass is 334 g/mol. The van der Waals surface area contributed by atoms with Crippen LogP contribution in [-0.4, -0.2) is 32.5 Å². The molecule has 0 bridgehead atoms. The molecular formula is C17H26N4OS. The van der Waals surface area contributed by atoms with E-state index >= 15 is 0 Å². The van der Waals surface area contributed by atoms with Gasteiger partial charge in [-0.15, -0.1) is 16.8 Å². The summed E-state index contributed by atoms with van der Waals surface area (Å²) in [5.74, 6) is 2.70. The molecule has 0 radical (unpaired) electrons. The van der Waals surface area contributed by atoms with E-state index in [1.165, 1.54) is 43.9 Å². The maximum atomic E-state index is 12.2. The van der Waals surface area contributed by atoms with Gasteiger partial charge in [-0.05, 0) is 31.6 Å². The summed E-state index contributed by atoms with van der Waals surface area (Å²) in [6, 6.07) is 0.338. The minimum atomic E-state index is 0.106. The minimum Gasteiger partial charge on any atom is -0.352 e. The number of hydrogen-bond donors (Lipinski definition) is 1. The van der Waals surface area contributed by atoms with Crippen molar-refractivity contribution in [3.05, 3.63) is 18.5 Å². The lowest BCUT2D eigenvalue weighted by atomic mass is 9.86. The van der Waals surface area contributed by atoms with Gasteiger partial charge in [-0.2, -0.15) is 0 Å². The number of carbonyl (C=O) groups is 1. The zero-order chi connectivity index (χ0) is 16.2. The summed E-state index contributed by atoms with van der Waals surface area (Å²) < 4.78 is 2.10. The molecule has 2 aliphatic rings. The zero-order valence-corrected chi connectivity index (χ0v) is 14.6.